The fourth-order valence-electron chi connectivity index (χ4n) is 3.72. The minimum absolute atomic E-state index is 0.486. The minimum atomic E-state index is 0.486. The summed E-state index contributed by atoms with van der Waals surface area (Å²) in [5.74, 6) is 0. The smallest absolute Gasteiger partial charge is 0.0368 e. The molecule has 17 heavy (non-hydrogen) atoms. The molecule has 1 aliphatic heterocycles. The molecule has 3 heteroatoms. The van der Waals surface area contributed by atoms with E-state index in [0.29, 0.717) is 10.8 Å². The van der Waals surface area contributed by atoms with Crippen LogP contribution >= 0.6 is 11.8 Å². The molecule has 2 aliphatic rings. The second-order valence-corrected chi connectivity index (χ2v) is 6.89. The number of nitrogens with zero attached hydrogens (tertiary/aromatic N) is 1. The first-order valence-electron chi connectivity index (χ1n) is 7.28. The van der Waals surface area contributed by atoms with Crippen molar-refractivity contribution in [3.63, 3.8) is 0 Å². The SMILES string of the molecule is CCC1CCCCN1C(CN)C1(SC)CCC1. The molecule has 2 fully saturated rings. The summed E-state index contributed by atoms with van der Waals surface area (Å²) >= 11 is 2.08. The van der Waals surface area contributed by atoms with Gasteiger partial charge >= 0.3 is 0 Å². The van der Waals surface area contributed by atoms with Crippen LogP contribution < -0.4 is 5.73 Å². The van der Waals surface area contributed by atoms with Gasteiger partial charge in [0.15, 0.2) is 0 Å². The van der Waals surface area contributed by atoms with Gasteiger partial charge < -0.3 is 5.73 Å². The van der Waals surface area contributed by atoms with Crippen LogP contribution in [-0.4, -0.2) is 41.1 Å². The zero-order valence-corrected chi connectivity index (χ0v) is 12.3. The molecule has 1 saturated heterocycles. The maximum atomic E-state index is 6.14. The largest absolute Gasteiger partial charge is 0.329 e. The number of likely N-dealkylation sites (tertiary alicyclic amines) is 1. The first-order chi connectivity index (χ1) is 8.27. The number of nitrogens with two attached hydrogens (primary N) is 1. The quantitative estimate of drug-likeness (QED) is 0.820. The van der Waals surface area contributed by atoms with Crippen molar-refractivity contribution >= 4 is 11.8 Å². The van der Waals surface area contributed by atoms with E-state index >= 15 is 0 Å². The van der Waals surface area contributed by atoms with E-state index < -0.39 is 0 Å². The van der Waals surface area contributed by atoms with Crippen molar-refractivity contribution in [2.45, 2.75) is 68.7 Å². The fourth-order valence-corrected chi connectivity index (χ4v) is 4.92. The molecular weight excluding hydrogens is 228 g/mol. The molecule has 1 saturated carbocycles. The van der Waals surface area contributed by atoms with E-state index in [1.807, 2.05) is 0 Å². The summed E-state index contributed by atoms with van der Waals surface area (Å²) in [4.78, 5) is 2.76. The van der Waals surface area contributed by atoms with Crippen molar-refractivity contribution < 1.29 is 0 Å². The average Bonchev–Trinajstić information content (AvgIpc) is 2.33. The van der Waals surface area contributed by atoms with E-state index in [0.717, 1.165) is 12.6 Å². The van der Waals surface area contributed by atoms with Crippen LogP contribution in [0.2, 0.25) is 0 Å². The third-order valence-corrected chi connectivity index (χ3v) is 6.47. The highest BCUT2D eigenvalue weighted by atomic mass is 32.2. The Labute approximate surface area is 111 Å². The molecule has 100 valence electrons. The van der Waals surface area contributed by atoms with Crippen molar-refractivity contribution in [3.05, 3.63) is 0 Å². The molecule has 0 aromatic carbocycles. The first-order valence-corrected chi connectivity index (χ1v) is 8.51. The van der Waals surface area contributed by atoms with Crippen LogP contribution in [0.1, 0.15) is 51.9 Å². The lowest BCUT2D eigenvalue weighted by Crippen LogP contribution is -2.61. The third-order valence-electron chi connectivity index (χ3n) is 4.98. The molecule has 0 aromatic heterocycles. The van der Waals surface area contributed by atoms with Gasteiger partial charge in [0.05, 0.1) is 0 Å². The maximum Gasteiger partial charge on any atom is 0.0368 e. The standard InChI is InChI=1S/C14H28N2S/c1-3-12-7-4-5-10-16(12)13(11-15)14(17-2)8-6-9-14/h12-13H,3-11,15H2,1-2H3. The Kier molecular flexibility index (Phi) is 4.79. The number of hydrogen-bond donors (Lipinski definition) is 1. The summed E-state index contributed by atoms with van der Waals surface area (Å²) in [6, 6.07) is 1.42. The maximum absolute atomic E-state index is 6.14. The molecule has 2 N–H and O–H groups in total. The van der Waals surface area contributed by atoms with Crippen molar-refractivity contribution in [1.29, 1.82) is 0 Å². The van der Waals surface area contributed by atoms with Crippen molar-refractivity contribution in [1.82, 2.24) is 4.90 Å². The van der Waals surface area contributed by atoms with Gasteiger partial charge in [-0.15, -0.1) is 0 Å². The van der Waals surface area contributed by atoms with E-state index in [4.69, 9.17) is 5.73 Å². The molecule has 1 aliphatic carbocycles. The van der Waals surface area contributed by atoms with E-state index in [9.17, 15) is 0 Å². The van der Waals surface area contributed by atoms with Crippen LogP contribution in [0.25, 0.3) is 0 Å². The molecule has 0 bridgehead atoms. The molecule has 1 heterocycles. The Bertz CT molecular complexity index is 235. The number of rotatable bonds is 5. The predicted molar refractivity (Wildman–Crippen MR) is 77.6 cm³/mol. The Hall–Kier alpha value is 0.270. The van der Waals surface area contributed by atoms with Crippen LogP contribution in [-0.2, 0) is 0 Å². The Morgan fingerprint density at radius 3 is 2.59 bits per heavy atom. The van der Waals surface area contributed by atoms with Crippen molar-refractivity contribution in [2.75, 3.05) is 19.3 Å². The van der Waals surface area contributed by atoms with Gasteiger partial charge in [-0.1, -0.05) is 19.8 Å². The topological polar surface area (TPSA) is 29.3 Å². The third kappa shape index (κ3) is 2.52. The molecular formula is C14H28N2S. The summed E-state index contributed by atoms with van der Waals surface area (Å²) in [5, 5.41) is 0. The highest BCUT2D eigenvalue weighted by molar-refractivity contribution is 8.00. The van der Waals surface area contributed by atoms with Crippen molar-refractivity contribution in [2.24, 2.45) is 5.73 Å². The van der Waals surface area contributed by atoms with Gasteiger partial charge in [0.1, 0.15) is 0 Å². The molecule has 0 amide bonds. The monoisotopic (exact) mass is 256 g/mol. The van der Waals surface area contributed by atoms with Gasteiger partial charge in [0, 0.05) is 23.4 Å². The Morgan fingerprint density at radius 2 is 2.12 bits per heavy atom. The average molecular weight is 256 g/mol. The molecule has 2 atom stereocenters. The van der Waals surface area contributed by atoms with Gasteiger partial charge in [-0.3, -0.25) is 4.90 Å². The molecule has 0 spiro atoms. The van der Waals surface area contributed by atoms with Crippen LogP contribution in [0, 0.1) is 0 Å². The normalized spacial score (nSPS) is 30.9. The number of thioether (sulfide) groups is 1. The Balaban J connectivity index is 2.10. The van der Waals surface area contributed by atoms with Gasteiger partial charge in [0.25, 0.3) is 0 Å². The lowest BCUT2D eigenvalue weighted by molar-refractivity contribution is 0.0529. The second-order valence-electron chi connectivity index (χ2n) is 5.67. The lowest BCUT2D eigenvalue weighted by atomic mass is 9.76. The number of hydrogen-bond acceptors (Lipinski definition) is 3. The summed E-state index contributed by atoms with van der Waals surface area (Å²) in [6.07, 6.45) is 11.9. The molecule has 2 nitrogen and oxygen atoms in total. The van der Waals surface area contributed by atoms with Crippen molar-refractivity contribution in [3.8, 4) is 0 Å². The van der Waals surface area contributed by atoms with E-state index in [2.05, 4.69) is 29.8 Å². The lowest BCUT2D eigenvalue weighted by Gasteiger charge is -2.53. The summed E-state index contributed by atoms with van der Waals surface area (Å²) in [7, 11) is 0. The molecule has 0 aromatic rings. The van der Waals surface area contributed by atoms with E-state index in [-0.39, 0.29) is 0 Å². The van der Waals surface area contributed by atoms with E-state index in [1.54, 1.807) is 0 Å². The zero-order chi connectivity index (χ0) is 12.3. The van der Waals surface area contributed by atoms with Gasteiger partial charge in [-0.2, -0.15) is 11.8 Å². The summed E-state index contributed by atoms with van der Waals surface area (Å²) in [5.41, 5.74) is 6.14. The predicted octanol–water partition coefficient (Wildman–Crippen LogP) is 2.86. The van der Waals surface area contributed by atoms with Crippen LogP contribution in [0.15, 0.2) is 0 Å². The highest BCUT2D eigenvalue weighted by Crippen LogP contribution is 2.48. The highest BCUT2D eigenvalue weighted by Gasteiger charge is 2.46. The number of piperidine rings is 1. The van der Waals surface area contributed by atoms with Gasteiger partial charge in [-0.25, -0.2) is 0 Å². The zero-order valence-electron chi connectivity index (χ0n) is 11.5. The summed E-state index contributed by atoms with van der Waals surface area (Å²) < 4.78 is 0.486. The van der Waals surface area contributed by atoms with Gasteiger partial charge in [0.2, 0.25) is 0 Å². The second kappa shape index (κ2) is 5.94. The first kappa shape index (κ1) is 13.7. The van der Waals surface area contributed by atoms with Crippen LogP contribution in [0.3, 0.4) is 0 Å². The molecule has 0 radical (unpaired) electrons. The fraction of sp³-hybridized carbons (Fsp3) is 1.00. The Morgan fingerprint density at radius 1 is 1.35 bits per heavy atom. The summed E-state index contributed by atoms with van der Waals surface area (Å²) in [6.45, 7) is 4.46. The van der Waals surface area contributed by atoms with Crippen LogP contribution in [0.4, 0.5) is 0 Å². The van der Waals surface area contributed by atoms with Crippen LogP contribution in [0.5, 0.6) is 0 Å². The van der Waals surface area contributed by atoms with E-state index in [1.165, 1.54) is 51.5 Å². The van der Waals surface area contributed by atoms with Gasteiger partial charge in [-0.05, 0) is 44.9 Å². The minimum Gasteiger partial charge on any atom is -0.329 e. The molecule has 2 unspecified atom stereocenters. The molecule has 2 rings (SSSR count).